The van der Waals surface area contributed by atoms with E-state index in [0.717, 1.165) is 10.4 Å². The van der Waals surface area contributed by atoms with Gasteiger partial charge in [-0.3, -0.25) is 14.5 Å². The zero-order chi connectivity index (χ0) is 16.4. The van der Waals surface area contributed by atoms with Crippen molar-refractivity contribution < 1.29 is 14.3 Å². The Morgan fingerprint density at radius 2 is 2.26 bits per heavy atom. The first kappa shape index (κ1) is 15.6. The molecule has 1 aliphatic rings. The van der Waals surface area contributed by atoms with Crippen LogP contribution in [-0.2, 0) is 16.1 Å². The molecule has 0 saturated heterocycles. The molecule has 0 aliphatic carbocycles. The minimum absolute atomic E-state index is 0.0431. The number of thiophene rings is 1. The molecule has 0 saturated carbocycles. The number of ether oxygens (including phenoxy) is 1. The molecule has 1 atom stereocenters. The van der Waals surface area contributed by atoms with Crippen LogP contribution in [0, 0.1) is 6.92 Å². The molecule has 0 fully saturated rings. The van der Waals surface area contributed by atoms with Gasteiger partial charge in [0.1, 0.15) is 11.8 Å². The Labute approximate surface area is 138 Å². The molecule has 1 aromatic heterocycles. The molecule has 2 amide bonds. The molecule has 23 heavy (non-hydrogen) atoms. The highest BCUT2D eigenvalue weighted by Crippen LogP contribution is 2.34. The van der Waals surface area contributed by atoms with E-state index in [9.17, 15) is 9.59 Å². The summed E-state index contributed by atoms with van der Waals surface area (Å²) in [6.45, 7) is 4.11. The normalized spacial score (nSPS) is 14.9. The Balaban J connectivity index is 1.78. The molecule has 120 valence electrons. The van der Waals surface area contributed by atoms with E-state index in [4.69, 9.17) is 4.74 Å². The largest absolute Gasteiger partial charge is 0.482 e. The highest BCUT2D eigenvalue weighted by molar-refractivity contribution is 7.09. The minimum Gasteiger partial charge on any atom is -0.482 e. The van der Waals surface area contributed by atoms with Gasteiger partial charge in [0.15, 0.2) is 6.61 Å². The SMILES string of the molecule is Cc1ccc2c(c1)N([C@H](C)C(=O)NCc1cccs1)C(=O)CO2. The van der Waals surface area contributed by atoms with E-state index in [0.29, 0.717) is 18.0 Å². The molecule has 1 aromatic carbocycles. The van der Waals surface area contributed by atoms with Crippen LogP contribution < -0.4 is 15.0 Å². The van der Waals surface area contributed by atoms with Crippen LogP contribution in [0.1, 0.15) is 17.4 Å². The van der Waals surface area contributed by atoms with Crippen molar-refractivity contribution in [3.63, 3.8) is 0 Å². The van der Waals surface area contributed by atoms with Crippen LogP contribution in [0.25, 0.3) is 0 Å². The molecule has 2 heterocycles. The monoisotopic (exact) mass is 330 g/mol. The summed E-state index contributed by atoms with van der Waals surface area (Å²) in [5.74, 6) is 0.246. The van der Waals surface area contributed by atoms with Gasteiger partial charge in [0, 0.05) is 4.88 Å². The number of carbonyl (C=O) groups excluding carboxylic acids is 2. The molecule has 0 unspecified atom stereocenters. The minimum atomic E-state index is -0.591. The van der Waals surface area contributed by atoms with Gasteiger partial charge in [-0.15, -0.1) is 11.3 Å². The third-order valence-corrected chi connectivity index (χ3v) is 4.65. The van der Waals surface area contributed by atoms with Gasteiger partial charge >= 0.3 is 0 Å². The third kappa shape index (κ3) is 3.22. The number of hydrogen-bond acceptors (Lipinski definition) is 4. The molecule has 0 bridgehead atoms. The third-order valence-electron chi connectivity index (χ3n) is 3.78. The molecule has 1 N–H and O–H groups in total. The number of aryl methyl sites for hydroxylation is 1. The highest BCUT2D eigenvalue weighted by Gasteiger charge is 2.33. The van der Waals surface area contributed by atoms with Crippen LogP contribution in [0.3, 0.4) is 0 Å². The lowest BCUT2D eigenvalue weighted by Crippen LogP contribution is -2.51. The number of rotatable bonds is 4. The molecular formula is C17H18N2O3S. The van der Waals surface area contributed by atoms with Crippen molar-refractivity contribution >= 4 is 28.8 Å². The summed E-state index contributed by atoms with van der Waals surface area (Å²) < 4.78 is 5.45. The number of carbonyl (C=O) groups is 2. The standard InChI is InChI=1S/C17H18N2O3S/c1-11-5-6-15-14(8-11)19(16(20)10-22-15)12(2)17(21)18-9-13-4-3-7-23-13/h3-8,12H,9-10H2,1-2H3,(H,18,21)/t12-/m1/s1. The first-order valence-corrected chi connectivity index (χ1v) is 8.30. The molecule has 6 heteroatoms. The van der Waals surface area contributed by atoms with Crippen molar-refractivity contribution in [3.05, 3.63) is 46.2 Å². The maximum Gasteiger partial charge on any atom is 0.265 e. The van der Waals surface area contributed by atoms with Gasteiger partial charge in [-0.2, -0.15) is 0 Å². The van der Waals surface area contributed by atoms with Crippen molar-refractivity contribution in [3.8, 4) is 5.75 Å². The quantitative estimate of drug-likeness (QED) is 0.937. The summed E-state index contributed by atoms with van der Waals surface area (Å²) in [4.78, 5) is 27.3. The Hall–Kier alpha value is -2.34. The van der Waals surface area contributed by atoms with E-state index < -0.39 is 6.04 Å². The summed E-state index contributed by atoms with van der Waals surface area (Å²) in [5, 5.41) is 4.85. The second-order valence-electron chi connectivity index (χ2n) is 5.50. The number of hydrogen-bond donors (Lipinski definition) is 1. The number of nitrogens with zero attached hydrogens (tertiary/aromatic N) is 1. The zero-order valence-electron chi connectivity index (χ0n) is 13.0. The van der Waals surface area contributed by atoms with Crippen LogP contribution in [0.15, 0.2) is 35.7 Å². The van der Waals surface area contributed by atoms with Gasteiger partial charge in [0.2, 0.25) is 5.91 Å². The predicted octanol–water partition coefficient (Wildman–Crippen LogP) is 2.49. The van der Waals surface area contributed by atoms with Gasteiger partial charge in [0.05, 0.1) is 12.2 Å². The molecule has 0 radical (unpaired) electrons. The lowest BCUT2D eigenvalue weighted by molar-refractivity contribution is -0.127. The van der Waals surface area contributed by atoms with Crippen LogP contribution in [0.4, 0.5) is 5.69 Å². The Morgan fingerprint density at radius 1 is 1.43 bits per heavy atom. The molecule has 1 aliphatic heterocycles. The summed E-state index contributed by atoms with van der Waals surface area (Å²) in [6.07, 6.45) is 0. The maximum absolute atomic E-state index is 12.4. The lowest BCUT2D eigenvalue weighted by Gasteiger charge is -2.33. The summed E-state index contributed by atoms with van der Waals surface area (Å²) in [6, 6.07) is 8.95. The number of nitrogens with one attached hydrogen (secondary N) is 1. The van der Waals surface area contributed by atoms with Crippen LogP contribution in [0.2, 0.25) is 0 Å². The maximum atomic E-state index is 12.4. The van der Waals surface area contributed by atoms with Crippen LogP contribution >= 0.6 is 11.3 Å². The van der Waals surface area contributed by atoms with Crippen molar-refractivity contribution in [1.29, 1.82) is 0 Å². The zero-order valence-corrected chi connectivity index (χ0v) is 13.9. The van der Waals surface area contributed by atoms with E-state index in [-0.39, 0.29) is 18.4 Å². The van der Waals surface area contributed by atoms with Crippen LogP contribution in [0.5, 0.6) is 5.75 Å². The first-order chi connectivity index (χ1) is 11.1. The number of fused-ring (bicyclic) bond motifs is 1. The predicted molar refractivity (Wildman–Crippen MR) is 89.8 cm³/mol. The summed E-state index contributed by atoms with van der Waals surface area (Å²) in [5.41, 5.74) is 1.67. The van der Waals surface area contributed by atoms with Crippen molar-refractivity contribution in [2.24, 2.45) is 0 Å². The summed E-state index contributed by atoms with van der Waals surface area (Å²) >= 11 is 1.59. The fourth-order valence-corrected chi connectivity index (χ4v) is 3.20. The fraction of sp³-hybridized carbons (Fsp3) is 0.294. The van der Waals surface area contributed by atoms with E-state index in [1.165, 1.54) is 4.90 Å². The average Bonchev–Trinajstić information content (AvgIpc) is 3.05. The van der Waals surface area contributed by atoms with Crippen molar-refractivity contribution in [1.82, 2.24) is 5.32 Å². The first-order valence-electron chi connectivity index (χ1n) is 7.42. The number of amides is 2. The topological polar surface area (TPSA) is 58.6 Å². The molecular weight excluding hydrogens is 312 g/mol. The fourth-order valence-electron chi connectivity index (χ4n) is 2.56. The summed E-state index contributed by atoms with van der Waals surface area (Å²) in [7, 11) is 0. The average molecular weight is 330 g/mol. The van der Waals surface area contributed by atoms with E-state index in [1.807, 2.05) is 42.6 Å². The van der Waals surface area contributed by atoms with Gasteiger partial charge in [0.25, 0.3) is 5.91 Å². The van der Waals surface area contributed by atoms with E-state index in [2.05, 4.69) is 5.32 Å². The van der Waals surface area contributed by atoms with Crippen molar-refractivity contribution in [2.75, 3.05) is 11.5 Å². The molecule has 3 rings (SSSR count). The second-order valence-corrected chi connectivity index (χ2v) is 6.53. The number of benzene rings is 1. The molecule has 5 nitrogen and oxygen atoms in total. The van der Waals surface area contributed by atoms with Gasteiger partial charge in [-0.25, -0.2) is 0 Å². The van der Waals surface area contributed by atoms with Gasteiger partial charge in [-0.05, 0) is 43.0 Å². The highest BCUT2D eigenvalue weighted by atomic mass is 32.1. The molecule has 2 aromatic rings. The van der Waals surface area contributed by atoms with Gasteiger partial charge < -0.3 is 10.1 Å². The van der Waals surface area contributed by atoms with Gasteiger partial charge in [-0.1, -0.05) is 12.1 Å². The smallest absolute Gasteiger partial charge is 0.265 e. The Kier molecular flexibility index (Phi) is 4.34. The molecule has 0 spiro atoms. The van der Waals surface area contributed by atoms with E-state index in [1.54, 1.807) is 18.3 Å². The van der Waals surface area contributed by atoms with Crippen molar-refractivity contribution in [2.45, 2.75) is 26.4 Å². The number of anilines is 1. The lowest BCUT2D eigenvalue weighted by atomic mass is 10.1. The second kappa shape index (κ2) is 6.42. The Morgan fingerprint density at radius 3 is 3.00 bits per heavy atom. The van der Waals surface area contributed by atoms with Crippen LogP contribution in [-0.4, -0.2) is 24.5 Å². The Bertz CT molecular complexity index is 727. The van der Waals surface area contributed by atoms with E-state index >= 15 is 0 Å².